The lowest BCUT2D eigenvalue weighted by atomic mass is 10.1. The van der Waals surface area contributed by atoms with Crippen molar-refractivity contribution in [2.24, 2.45) is 0 Å². The summed E-state index contributed by atoms with van der Waals surface area (Å²) in [6, 6.07) is 6.45. The van der Waals surface area contributed by atoms with Gasteiger partial charge in [0.15, 0.2) is 0 Å². The number of nitrogens with zero attached hydrogens (tertiary/aromatic N) is 1. The molecular formula is C11H16N2O. The van der Waals surface area contributed by atoms with Crippen LogP contribution in [0.2, 0.25) is 0 Å². The van der Waals surface area contributed by atoms with E-state index in [2.05, 4.69) is 30.3 Å². The molecule has 3 heteroatoms. The maximum atomic E-state index is 9.21. The fraction of sp³-hybridized carbons (Fsp3) is 0.455. The van der Waals surface area contributed by atoms with Crippen molar-refractivity contribution in [3.63, 3.8) is 0 Å². The van der Waals surface area contributed by atoms with Crippen LogP contribution in [0, 0.1) is 0 Å². The minimum absolute atomic E-state index is 0.0940. The molecule has 0 saturated carbocycles. The SMILES string of the molecule is CC1CN(C)c2cccc(CO)c2N1. The zero-order valence-corrected chi connectivity index (χ0v) is 8.62. The van der Waals surface area contributed by atoms with Gasteiger partial charge in [0.1, 0.15) is 0 Å². The molecular weight excluding hydrogens is 176 g/mol. The van der Waals surface area contributed by atoms with Gasteiger partial charge >= 0.3 is 0 Å². The van der Waals surface area contributed by atoms with Crippen LogP contribution in [0.4, 0.5) is 11.4 Å². The molecule has 2 N–H and O–H groups in total. The Hall–Kier alpha value is -1.22. The van der Waals surface area contributed by atoms with Crippen molar-refractivity contribution < 1.29 is 5.11 Å². The molecule has 1 atom stereocenters. The molecule has 1 aromatic carbocycles. The van der Waals surface area contributed by atoms with Gasteiger partial charge in [-0.15, -0.1) is 0 Å². The van der Waals surface area contributed by atoms with Gasteiger partial charge in [-0.3, -0.25) is 0 Å². The van der Waals surface area contributed by atoms with E-state index in [1.807, 2.05) is 12.1 Å². The van der Waals surface area contributed by atoms with E-state index in [4.69, 9.17) is 0 Å². The average Bonchev–Trinajstić information content (AvgIpc) is 2.17. The lowest BCUT2D eigenvalue weighted by Gasteiger charge is -2.34. The zero-order valence-electron chi connectivity index (χ0n) is 8.62. The van der Waals surface area contributed by atoms with E-state index >= 15 is 0 Å². The molecule has 0 bridgehead atoms. The molecule has 76 valence electrons. The molecule has 0 amide bonds. The number of para-hydroxylation sites is 1. The van der Waals surface area contributed by atoms with Crippen molar-refractivity contribution in [3.8, 4) is 0 Å². The summed E-state index contributed by atoms with van der Waals surface area (Å²) >= 11 is 0. The van der Waals surface area contributed by atoms with Gasteiger partial charge in [-0.2, -0.15) is 0 Å². The van der Waals surface area contributed by atoms with Crippen molar-refractivity contribution in [2.75, 3.05) is 23.8 Å². The van der Waals surface area contributed by atoms with Crippen LogP contribution >= 0.6 is 0 Å². The van der Waals surface area contributed by atoms with Gasteiger partial charge in [0.05, 0.1) is 18.0 Å². The second kappa shape index (κ2) is 3.50. The number of anilines is 2. The van der Waals surface area contributed by atoms with Gasteiger partial charge in [0.2, 0.25) is 0 Å². The summed E-state index contributed by atoms with van der Waals surface area (Å²) < 4.78 is 0. The fourth-order valence-electron chi connectivity index (χ4n) is 2.00. The first kappa shape index (κ1) is 9.34. The third-order valence-electron chi connectivity index (χ3n) is 2.65. The minimum Gasteiger partial charge on any atom is -0.392 e. The van der Waals surface area contributed by atoms with Gasteiger partial charge in [-0.05, 0) is 13.0 Å². The first-order valence-electron chi connectivity index (χ1n) is 4.93. The Morgan fingerprint density at radius 3 is 3.07 bits per heavy atom. The van der Waals surface area contributed by atoms with Crippen LogP contribution in [0.5, 0.6) is 0 Å². The van der Waals surface area contributed by atoms with Crippen LogP contribution < -0.4 is 10.2 Å². The molecule has 1 unspecified atom stereocenters. The number of benzene rings is 1. The predicted molar refractivity (Wildman–Crippen MR) is 58.7 cm³/mol. The second-order valence-corrected chi connectivity index (χ2v) is 3.90. The molecule has 0 fully saturated rings. The van der Waals surface area contributed by atoms with Crippen LogP contribution in [-0.4, -0.2) is 24.7 Å². The van der Waals surface area contributed by atoms with Crippen LogP contribution in [0.15, 0.2) is 18.2 Å². The molecule has 1 aliphatic heterocycles. The molecule has 1 aromatic rings. The third kappa shape index (κ3) is 1.44. The van der Waals surface area contributed by atoms with E-state index in [1.54, 1.807) is 0 Å². The van der Waals surface area contributed by atoms with E-state index < -0.39 is 0 Å². The van der Waals surface area contributed by atoms with Gasteiger partial charge in [0, 0.05) is 25.2 Å². The summed E-state index contributed by atoms with van der Waals surface area (Å²) in [5.74, 6) is 0. The molecule has 0 spiro atoms. The Balaban J connectivity index is 2.47. The van der Waals surface area contributed by atoms with Crippen LogP contribution in [0.3, 0.4) is 0 Å². The third-order valence-corrected chi connectivity index (χ3v) is 2.65. The number of likely N-dealkylation sites (N-methyl/N-ethyl adjacent to an activating group) is 1. The molecule has 2 rings (SSSR count). The molecule has 0 aromatic heterocycles. The monoisotopic (exact) mass is 192 g/mol. The summed E-state index contributed by atoms with van der Waals surface area (Å²) in [5.41, 5.74) is 3.23. The molecule has 1 aliphatic rings. The second-order valence-electron chi connectivity index (χ2n) is 3.90. The Labute approximate surface area is 84.4 Å². The zero-order chi connectivity index (χ0) is 10.1. The first-order valence-corrected chi connectivity index (χ1v) is 4.93. The predicted octanol–water partition coefficient (Wildman–Crippen LogP) is 1.43. The van der Waals surface area contributed by atoms with Crippen molar-refractivity contribution in [3.05, 3.63) is 23.8 Å². The van der Waals surface area contributed by atoms with E-state index in [-0.39, 0.29) is 6.61 Å². The van der Waals surface area contributed by atoms with E-state index in [0.29, 0.717) is 6.04 Å². The Kier molecular flexibility index (Phi) is 2.33. The number of aliphatic hydroxyl groups is 1. The number of rotatable bonds is 1. The summed E-state index contributed by atoms with van der Waals surface area (Å²) in [4.78, 5) is 2.22. The first-order chi connectivity index (χ1) is 6.72. The molecule has 14 heavy (non-hydrogen) atoms. The number of fused-ring (bicyclic) bond motifs is 1. The molecule has 0 aliphatic carbocycles. The van der Waals surface area contributed by atoms with Crippen LogP contribution in [0.1, 0.15) is 12.5 Å². The highest BCUT2D eigenvalue weighted by Crippen LogP contribution is 2.32. The Morgan fingerprint density at radius 2 is 2.36 bits per heavy atom. The topological polar surface area (TPSA) is 35.5 Å². The molecule has 1 heterocycles. The largest absolute Gasteiger partial charge is 0.392 e. The average molecular weight is 192 g/mol. The summed E-state index contributed by atoms with van der Waals surface area (Å²) in [6.45, 7) is 3.24. The molecule has 0 saturated heterocycles. The van der Waals surface area contributed by atoms with Gasteiger partial charge in [-0.1, -0.05) is 12.1 Å². The molecule has 0 radical (unpaired) electrons. The van der Waals surface area contributed by atoms with Crippen LogP contribution in [-0.2, 0) is 6.61 Å². The lowest BCUT2D eigenvalue weighted by Crippen LogP contribution is -2.37. The summed E-state index contributed by atoms with van der Waals surface area (Å²) in [6.07, 6.45) is 0. The van der Waals surface area contributed by atoms with Gasteiger partial charge in [0.25, 0.3) is 0 Å². The highest BCUT2D eigenvalue weighted by Gasteiger charge is 2.19. The maximum Gasteiger partial charge on any atom is 0.0702 e. The standard InChI is InChI=1S/C11H16N2O/c1-8-6-13(2)10-5-3-4-9(7-14)11(10)12-8/h3-5,8,12,14H,6-7H2,1-2H3. The highest BCUT2D eigenvalue weighted by atomic mass is 16.3. The Bertz CT molecular complexity index is 338. The smallest absolute Gasteiger partial charge is 0.0702 e. The Morgan fingerprint density at radius 1 is 1.57 bits per heavy atom. The van der Waals surface area contributed by atoms with Gasteiger partial charge < -0.3 is 15.3 Å². The van der Waals surface area contributed by atoms with E-state index in [9.17, 15) is 5.11 Å². The fourth-order valence-corrected chi connectivity index (χ4v) is 2.00. The minimum atomic E-state index is 0.0940. The van der Waals surface area contributed by atoms with E-state index in [1.165, 1.54) is 5.69 Å². The number of hydrogen-bond donors (Lipinski definition) is 2. The van der Waals surface area contributed by atoms with Crippen molar-refractivity contribution in [1.82, 2.24) is 0 Å². The number of hydrogen-bond acceptors (Lipinski definition) is 3. The van der Waals surface area contributed by atoms with E-state index in [0.717, 1.165) is 17.8 Å². The lowest BCUT2D eigenvalue weighted by molar-refractivity contribution is 0.282. The normalized spacial score (nSPS) is 20.2. The molecule has 3 nitrogen and oxygen atoms in total. The summed E-state index contributed by atoms with van der Waals surface area (Å²) in [7, 11) is 2.08. The van der Waals surface area contributed by atoms with Gasteiger partial charge in [-0.25, -0.2) is 0 Å². The highest BCUT2D eigenvalue weighted by molar-refractivity contribution is 5.75. The van der Waals surface area contributed by atoms with Crippen molar-refractivity contribution in [1.29, 1.82) is 0 Å². The van der Waals surface area contributed by atoms with Crippen molar-refractivity contribution in [2.45, 2.75) is 19.6 Å². The summed E-state index contributed by atoms with van der Waals surface area (Å²) in [5, 5.41) is 12.6. The maximum absolute atomic E-state index is 9.21. The van der Waals surface area contributed by atoms with Crippen molar-refractivity contribution >= 4 is 11.4 Å². The number of aliphatic hydroxyl groups excluding tert-OH is 1. The quantitative estimate of drug-likeness (QED) is 0.706. The van der Waals surface area contributed by atoms with Crippen LogP contribution in [0.25, 0.3) is 0 Å². The number of nitrogens with one attached hydrogen (secondary N) is 1.